The van der Waals surface area contributed by atoms with Crippen LogP contribution < -0.4 is 9.62 Å². The first-order chi connectivity index (χ1) is 15.1. The molecular weight excluding hydrogens is 488 g/mol. The van der Waals surface area contributed by atoms with Gasteiger partial charge >= 0.3 is 0 Å². The summed E-state index contributed by atoms with van der Waals surface area (Å²) < 4.78 is 42.3. The molecule has 0 radical (unpaired) electrons. The summed E-state index contributed by atoms with van der Waals surface area (Å²) in [5.74, 6) is -1.52. The molecule has 2 aromatic carbocycles. The fourth-order valence-electron chi connectivity index (χ4n) is 2.73. The van der Waals surface area contributed by atoms with E-state index < -0.39 is 27.8 Å². The third-order valence-electron chi connectivity index (χ3n) is 4.38. The van der Waals surface area contributed by atoms with Crippen LogP contribution in [0.4, 0.5) is 10.1 Å². The van der Waals surface area contributed by atoms with Gasteiger partial charge in [0.05, 0.1) is 22.8 Å². The van der Waals surface area contributed by atoms with Crippen LogP contribution in [0.3, 0.4) is 0 Å². The maximum atomic E-state index is 14.7. The molecule has 0 fully saturated rings. The summed E-state index contributed by atoms with van der Waals surface area (Å²) in [7, 11) is -4.36. The number of hydrogen-bond acceptors (Lipinski definition) is 4. The monoisotopic (exact) mass is 513 g/mol. The lowest BCUT2D eigenvalue weighted by molar-refractivity contribution is -0.121. The Morgan fingerprint density at radius 2 is 1.82 bits per heavy atom. The largest absolute Gasteiger partial charge is 0.349 e. The molecule has 178 valence electrons. The highest BCUT2D eigenvalue weighted by Gasteiger charge is 2.35. The Balaban J connectivity index is 0.00000544. The minimum atomic E-state index is -4.36. The molecule has 0 saturated carbocycles. The van der Waals surface area contributed by atoms with Crippen LogP contribution in [0.15, 0.2) is 76.3 Å². The van der Waals surface area contributed by atoms with Crippen molar-refractivity contribution < 1.29 is 17.6 Å². The number of nitrogens with one attached hydrogen (secondary N) is 1. The molecule has 2 aromatic rings. The molecule has 0 aromatic heterocycles. The van der Waals surface area contributed by atoms with E-state index >= 15 is 0 Å². The number of amides is 1. The lowest BCUT2D eigenvalue weighted by atomic mass is 10.2. The number of anilines is 1. The summed E-state index contributed by atoms with van der Waals surface area (Å²) in [6, 6.07) is 7.47. The lowest BCUT2D eigenvalue weighted by Crippen LogP contribution is -2.48. The van der Waals surface area contributed by atoms with Crippen molar-refractivity contribution in [3.63, 3.8) is 0 Å². The maximum Gasteiger partial charge on any atom is 0.265 e. The van der Waals surface area contributed by atoms with Crippen molar-refractivity contribution in [1.29, 1.82) is 0 Å². The molecule has 10 heteroatoms. The van der Waals surface area contributed by atoms with Crippen molar-refractivity contribution >= 4 is 51.5 Å². The van der Waals surface area contributed by atoms with Crippen LogP contribution in [0.25, 0.3) is 0 Å². The van der Waals surface area contributed by atoms with Gasteiger partial charge in [0, 0.05) is 10.0 Å². The minimum Gasteiger partial charge on any atom is -0.349 e. The number of nitrogens with zero attached hydrogens (tertiary/aromatic N) is 2. The van der Waals surface area contributed by atoms with Gasteiger partial charge in [0.2, 0.25) is 5.91 Å². The van der Waals surface area contributed by atoms with Crippen LogP contribution in [0, 0.1) is 5.82 Å². The SMILES string of the molecule is C.C=N/C(=C\C=C/C)CNC(=O)C(C)N(c1cc(Cl)ccc1F)S(=O)(=O)c1ccc(Cl)cc1. The Hall–Kier alpha value is -2.68. The highest BCUT2D eigenvalue weighted by atomic mass is 35.5. The first-order valence-corrected chi connectivity index (χ1v) is 11.6. The molecule has 0 aliphatic heterocycles. The zero-order valence-electron chi connectivity index (χ0n) is 17.4. The average Bonchev–Trinajstić information content (AvgIpc) is 2.76. The molecule has 0 bridgehead atoms. The normalized spacial score (nSPS) is 12.7. The Morgan fingerprint density at radius 1 is 1.21 bits per heavy atom. The molecule has 0 heterocycles. The van der Waals surface area contributed by atoms with E-state index in [1.165, 1.54) is 37.3 Å². The van der Waals surface area contributed by atoms with Crippen molar-refractivity contribution in [1.82, 2.24) is 5.32 Å². The summed E-state index contributed by atoms with van der Waals surface area (Å²) >= 11 is 11.9. The van der Waals surface area contributed by atoms with E-state index in [1.807, 2.05) is 6.92 Å². The Bertz CT molecular complexity index is 1150. The van der Waals surface area contributed by atoms with Gasteiger partial charge in [0.1, 0.15) is 11.9 Å². The van der Waals surface area contributed by atoms with Gasteiger partial charge in [-0.3, -0.25) is 14.1 Å². The average molecular weight is 514 g/mol. The van der Waals surface area contributed by atoms with E-state index in [0.717, 1.165) is 12.1 Å². The molecular formula is C23H26Cl2FN3O3S. The predicted molar refractivity (Wildman–Crippen MR) is 134 cm³/mol. The standard InChI is InChI=1S/C22H22Cl2FN3O3S.CH4/c1-4-5-6-18(26-3)14-27-22(29)15(2)28(21-13-17(24)9-12-20(21)25)32(30,31)19-10-7-16(23)8-11-19;/h4-13,15H,3,14H2,1-2H3,(H,27,29);1H4/b5-4-,18-6-;. The van der Waals surface area contributed by atoms with Crippen LogP contribution in [-0.4, -0.2) is 33.6 Å². The van der Waals surface area contributed by atoms with Gasteiger partial charge in [-0.2, -0.15) is 0 Å². The maximum absolute atomic E-state index is 14.7. The van der Waals surface area contributed by atoms with E-state index in [1.54, 1.807) is 18.2 Å². The highest BCUT2D eigenvalue weighted by Crippen LogP contribution is 2.31. The third kappa shape index (κ3) is 7.15. The van der Waals surface area contributed by atoms with Gasteiger partial charge in [0.25, 0.3) is 10.0 Å². The number of allylic oxidation sites excluding steroid dienone is 3. The smallest absolute Gasteiger partial charge is 0.265 e. The fraction of sp³-hybridized carbons (Fsp3) is 0.217. The number of carbonyl (C=O) groups is 1. The molecule has 33 heavy (non-hydrogen) atoms. The van der Waals surface area contributed by atoms with E-state index in [4.69, 9.17) is 23.2 Å². The molecule has 1 N–H and O–H groups in total. The third-order valence-corrected chi connectivity index (χ3v) is 6.76. The Labute approximate surface area is 204 Å². The molecule has 0 saturated heterocycles. The van der Waals surface area contributed by atoms with E-state index in [9.17, 15) is 17.6 Å². The molecule has 1 atom stereocenters. The number of aliphatic imine (C=N–C) groups is 1. The topological polar surface area (TPSA) is 78.8 Å². The van der Waals surface area contributed by atoms with Gasteiger partial charge in [-0.15, -0.1) is 0 Å². The number of carbonyl (C=O) groups excluding carboxylic acids is 1. The number of sulfonamides is 1. The minimum absolute atomic E-state index is 0. The van der Waals surface area contributed by atoms with Crippen molar-refractivity contribution in [2.45, 2.75) is 32.2 Å². The molecule has 1 amide bonds. The van der Waals surface area contributed by atoms with Crippen LogP contribution in [0.2, 0.25) is 10.0 Å². The number of rotatable bonds is 9. The molecule has 6 nitrogen and oxygen atoms in total. The fourth-order valence-corrected chi connectivity index (χ4v) is 4.64. The second-order valence-corrected chi connectivity index (χ2v) is 9.27. The summed E-state index contributed by atoms with van der Waals surface area (Å²) in [6.07, 6.45) is 5.15. The van der Waals surface area contributed by atoms with Gasteiger partial charge in [-0.05, 0) is 69.1 Å². The van der Waals surface area contributed by atoms with E-state index in [-0.39, 0.29) is 29.6 Å². The van der Waals surface area contributed by atoms with Gasteiger partial charge < -0.3 is 5.32 Å². The highest BCUT2D eigenvalue weighted by molar-refractivity contribution is 7.93. The Kier molecular flexibility index (Phi) is 10.8. The quantitative estimate of drug-likeness (QED) is 0.348. The van der Waals surface area contributed by atoms with Gasteiger partial charge in [-0.25, -0.2) is 12.8 Å². The van der Waals surface area contributed by atoms with E-state index in [0.29, 0.717) is 15.0 Å². The molecule has 0 spiro atoms. The van der Waals surface area contributed by atoms with Crippen LogP contribution in [-0.2, 0) is 14.8 Å². The van der Waals surface area contributed by atoms with E-state index in [2.05, 4.69) is 17.0 Å². The molecule has 0 aliphatic carbocycles. The van der Waals surface area contributed by atoms with Crippen molar-refractivity contribution in [2.75, 3.05) is 10.8 Å². The Morgan fingerprint density at radius 3 is 2.39 bits per heavy atom. The summed E-state index contributed by atoms with van der Waals surface area (Å²) in [5, 5.41) is 3.04. The van der Waals surface area contributed by atoms with Crippen molar-refractivity contribution in [3.8, 4) is 0 Å². The number of benzene rings is 2. The first kappa shape index (κ1) is 28.4. The van der Waals surface area contributed by atoms with Crippen molar-refractivity contribution in [3.05, 3.63) is 82.3 Å². The van der Waals surface area contributed by atoms with Crippen LogP contribution in [0.1, 0.15) is 21.3 Å². The lowest BCUT2D eigenvalue weighted by Gasteiger charge is -2.30. The van der Waals surface area contributed by atoms with Gasteiger partial charge in [0.15, 0.2) is 0 Å². The summed E-state index contributed by atoms with van der Waals surface area (Å²) in [6.45, 7) is 6.61. The van der Waals surface area contributed by atoms with Crippen molar-refractivity contribution in [2.24, 2.45) is 4.99 Å². The second-order valence-electron chi connectivity index (χ2n) is 6.59. The first-order valence-electron chi connectivity index (χ1n) is 9.43. The molecule has 1 unspecified atom stereocenters. The number of hydrogen-bond donors (Lipinski definition) is 1. The predicted octanol–water partition coefficient (Wildman–Crippen LogP) is 5.63. The zero-order valence-corrected chi connectivity index (χ0v) is 19.8. The number of halogens is 3. The zero-order chi connectivity index (χ0) is 23.9. The van der Waals surface area contributed by atoms with Gasteiger partial charge in [-0.1, -0.05) is 42.8 Å². The van der Waals surface area contributed by atoms with Crippen LogP contribution in [0.5, 0.6) is 0 Å². The molecule has 0 aliphatic rings. The van der Waals surface area contributed by atoms with Crippen LogP contribution >= 0.6 is 23.2 Å². The molecule has 2 rings (SSSR count). The second kappa shape index (κ2) is 12.5. The summed E-state index contributed by atoms with van der Waals surface area (Å²) in [5.41, 5.74) is 0.103. The summed E-state index contributed by atoms with van der Waals surface area (Å²) in [4.78, 5) is 16.5.